The van der Waals surface area contributed by atoms with Gasteiger partial charge in [-0.25, -0.2) is 13.6 Å². The summed E-state index contributed by atoms with van der Waals surface area (Å²) in [4.78, 5) is 31.1. The molecule has 1 saturated carbocycles. The first-order valence-electron chi connectivity index (χ1n) is 16.7. The zero-order valence-electron chi connectivity index (χ0n) is 26.2. The molecule has 1 aliphatic carbocycles. The monoisotopic (exact) mass is 680 g/mol. The van der Waals surface area contributed by atoms with E-state index in [1.165, 1.54) is 0 Å². The molecule has 12 nitrogen and oxygen atoms in total. The Hall–Kier alpha value is -3.88. The first-order chi connectivity index (χ1) is 23.4. The van der Waals surface area contributed by atoms with E-state index < -0.39 is 29.7 Å². The summed E-state index contributed by atoms with van der Waals surface area (Å²) >= 11 is 6.92. The molecular weight excluding hydrogens is 646 g/mol. The molecule has 5 aliphatic heterocycles. The molecule has 0 radical (unpaired) electrons. The molecule has 8 heterocycles. The molecule has 3 aromatic heterocycles. The van der Waals surface area contributed by atoms with Gasteiger partial charge >= 0.3 is 12.1 Å². The number of nitrogens with one attached hydrogen (secondary N) is 2. The number of aromatic amines is 1. The summed E-state index contributed by atoms with van der Waals surface area (Å²) in [5.41, 5.74) is 1.72. The van der Waals surface area contributed by atoms with E-state index in [4.69, 9.17) is 35.8 Å². The standard InChI is InChI=1S/C33H35ClF2N8O4/c34-23-9-24-21(12-38-42-24)26-25(23)20-8-17(20)2-6-47-32(45)39-19-14-43(5-7-46-15-19)30-22-11-37-29(26)27(36)28(22)40-31(41-30)48-16-33-3-1-4-44(33)13-18(35)10-33/h9,11-12,17-20H,1-8,10,13-16H2,(H,38,42)(H,39,45)/t17?,18-,19+,20?,33+/m1/s1. The number of halogens is 3. The molecule has 5 atom stereocenters. The van der Waals surface area contributed by atoms with Crippen molar-refractivity contribution in [2.24, 2.45) is 5.92 Å². The Morgan fingerprint density at radius 3 is 3.00 bits per heavy atom. The first kappa shape index (κ1) is 30.2. The van der Waals surface area contributed by atoms with Crippen LogP contribution in [0.25, 0.3) is 33.1 Å². The molecule has 6 aliphatic rings. The maximum absolute atomic E-state index is 17.2. The van der Waals surface area contributed by atoms with Crippen molar-refractivity contribution in [3.8, 4) is 17.3 Å². The van der Waals surface area contributed by atoms with E-state index >= 15 is 4.39 Å². The Balaban J connectivity index is 1.21. The largest absolute Gasteiger partial charge is 0.461 e. The minimum absolute atomic E-state index is 0.00823. The van der Waals surface area contributed by atoms with Crippen LogP contribution in [0.3, 0.4) is 0 Å². The minimum atomic E-state index is -0.921. The number of hydrogen-bond acceptors (Lipinski definition) is 10. The number of amides is 1. The molecule has 3 saturated heterocycles. The van der Waals surface area contributed by atoms with Gasteiger partial charge in [-0.05, 0) is 55.7 Å². The van der Waals surface area contributed by atoms with Crippen LogP contribution in [0.1, 0.15) is 43.6 Å². The van der Waals surface area contributed by atoms with Crippen LogP contribution in [-0.4, -0.2) is 107 Å². The molecule has 2 unspecified atom stereocenters. The quantitative estimate of drug-likeness (QED) is 0.313. The molecule has 4 aromatic rings. The first-order valence-corrected chi connectivity index (χ1v) is 17.0. The van der Waals surface area contributed by atoms with Gasteiger partial charge in [0.15, 0.2) is 5.82 Å². The summed E-state index contributed by atoms with van der Waals surface area (Å²) < 4.78 is 49.5. The summed E-state index contributed by atoms with van der Waals surface area (Å²) in [5, 5.41) is 11.7. The second-order valence-electron chi connectivity index (χ2n) is 13.7. The minimum Gasteiger partial charge on any atom is -0.461 e. The summed E-state index contributed by atoms with van der Waals surface area (Å²) in [5.74, 6) is -0.0107. The average Bonchev–Trinajstić information content (AvgIpc) is 3.40. The van der Waals surface area contributed by atoms with Crippen molar-refractivity contribution in [1.82, 2.24) is 35.4 Å². The van der Waals surface area contributed by atoms with Gasteiger partial charge in [0.2, 0.25) is 0 Å². The highest BCUT2D eigenvalue weighted by Gasteiger charge is 2.49. The zero-order chi connectivity index (χ0) is 32.6. The number of carbonyl (C=O) groups is 1. The van der Waals surface area contributed by atoms with E-state index in [-0.39, 0.29) is 48.9 Å². The van der Waals surface area contributed by atoms with Crippen LogP contribution < -0.4 is 15.0 Å². The van der Waals surface area contributed by atoms with Crippen LogP contribution in [0.15, 0.2) is 18.5 Å². The summed E-state index contributed by atoms with van der Waals surface area (Å²) in [6.45, 7) is 2.99. The molecule has 15 heteroatoms. The Morgan fingerprint density at radius 1 is 1.17 bits per heavy atom. The molecule has 4 fully saturated rings. The second kappa shape index (κ2) is 11.6. The smallest absolute Gasteiger partial charge is 0.407 e. The van der Waals surface area contributed by atoms with Crippen LogP contribution in [-0.2, 0) is 9.47 Å². The van der Waals surface area contributed by atoms with Crippen LogP contribution in [0.2, 0.25) is 5.02 Å². The number of pyridine rings is 1. The van der Waals surface area contributed by atoms with Crippen LogP contribution in [0, 0.1) is 11.7 Å². The average molecular weight is 681 g/mol. The number of benzene rings is 1. The highest BCUT2D eigenvalue weighted by molar-refractivity contribution is 6.33. The number of hydrogen-bond donors (Lipinski definition) is 2. The van der Waals surface area contributed by atoms with Crippen molar-refractivity contribution < 1.29 is 27.8 Å². The van der Waals surface area contributed by atoms with Crippen molar-refractivity contribution in [1.29, 1.82) is 0 Å². The molecule has 10 rings (SSSR count). The van der Waals surface area contributed by atoms with Gasteiger partial charge in [-0.1, -0.05) is 11.6 Å². The van der Waals surface area contributed by atoms with E-state index in [0.717, 1.165) is 31.4 Å². The fourth-order valence-corrected chi connectivity index (χ4v) is 8.71. The molecule has 2 N–H and O–H groups in total. The van der Waals surface area contributed by atoms with E-state index in [0.29, 0.717) is 71.8 Å². The van der Waals surface area contributed by atoms with Gasteiger partial charge in [0.05, 0.1) is 48.5 Å². The number of ether oxygens (including phenoxy) is 3. The fraction of sp³-hybridized carbons (Fsp3) is 0.545. The van der Waals surface area contributed by atoms with Crippen molar-refractivity contribution in [2.45, 2.75) is 55.8 Å². The van der Waals surface area contributed by atoms with Gasteiger partial charge in [0.1, 0.15) is 29.8 Å². The van der Waals surface area contributed by atoms with Gasteiger partial charge < -0.3 is 24.4 Å². The molecule has 0 spiro atoms. The number of fused-ring (bicyclic) bond motifs is 7. The molecule has 48 heavy (non-hydrogen) atoms. The fourth-order valence-electron chi connectivity index (χ4n) is 8.36. The van der Waals surface area contributed by atoms with E-state index in [1.54, 1.807) is 12.4 Å². The predicted octanol–water partition coefficient (Wildman–Crippen LogP) is 4.75. The van der Waals surface area contributed by atoms with Gasteiger partial charge in [0, 0.05) is 48.2 Å². The highest BCUT2D eigenvalue weighted by Crippen LogP contribution is 2.56. The number of aromatic nitrogens is 5. The Kier molecular flexibility index (Phi) is 7.31. The lowest BCUT2D eigenvalue weighted by molar-refractivity contribution is 0.107. The number of alkyl carbamates (subject to hydrolysis) is 1. The summed E-state index contributed by atoms with van der Waals surface area (Å²) in [6.07, 6.45) is 5.40. The lowest BCUT2D eigenvalue weighted by atomic mass is 9.94. The lowest BCUT2D eigenvalue weighted by Gasteiger charge is -2.31. The summed E-state index contributed by atoms with van der Waals surface area (Å²) in [7, 11) is 0. The number of nitrogens with zero attached hydrogens (tertiary/aromatic N) is 6. The summed E-state index contributed by atoms with van der Waals surface area (Å²) in [6, 6.07) is 1.38. The maximum Gasteiger partial charge on any atom is 0.407 e. The van der Waals surface area contributed by atoms with E-state index in [9.17, 15) is 9.18 Å². The van der Waals surface area contributed by atoms with Gasteiger partial charge in [0.25, 0.3) is 0 Å². The zero-order valence-corrected chi connectivity index (χ0v) is 26.9. The van der Waals surface area contributed by atoms with Crippen LogP contribution in [0.5, 0.6) is 6.01 Å². The normalized spacial score (nSPS) is 28.9. The third-order valence-corrected chi connectivity index (χ3v) is 11.1. The number of rotatable bonds is 3. The Bertz CT molecular complexity index is 1930. The van der Waals surface area contributed by atoms with E-state index in [1.807, 2.05) is 11.0 Å². The molecule has 252 valence electrons. The highest BCUT2D eigenvalue weighted by atomic mass is 35.5. The van der Waals surface area contributed by atoms with Crippen LogP contribution in [0.4, 0.5) is 19.4 Å². The van der Waals surface area contributed by atoms with E-state index in [2.05, 4.69) is 25.4 Å². The number of alkyl halides is 1. The van der Waals surface area contributed by atoms with Crippen molar-refractivity contribution in [3.63, 3.8) is 0 Å². The number of anilines is 1. The van der Waals surface area contributed by atoms with Crippen molar-refractivity contribution in [3.05, 3.63) is 34.9 Å². The van der Waals surface area contributed by atoms with Crippen molar-refractivity contribution >= 4 is 45.3 Å². The molecule has 1 amide bonds. The lowest BCUT2D eigenvalue weighted by Crippen LogP contribution is -2.45. The topological polar surface area (TPSA) is 131 Å². The SMILES string of the molecule is O=C1N[C@@H]2COCCN(C2)c2nc(OC[C@@]34CCCN3C[C@H](F)C4)nc3c(F)c(ncc23)-c2c(c(Cl)cc3[nH]ncc23)C2CC2CCO1. The third-order valence-electron chi connectivity index (χ3n) is 10.7. The van der Waals surface area contributed by atoms with Gasteiger partial charge in [-0.2, -0.15) is 15.1 Å². The Labute approximate surface area is 279 Å². The van der Waals surface area contributed by atoms with Gasteiger partial charge in [-0.15, -0.1) is 0 Å². The van der Waals surface area contributed by atoms with Crippen molar-refractivity contribution in [2.75, 3.05) is 57.5 Å². The second-order valence-corrected chi connectivity index (χ2v) is 14.2. The molecule has 6 bridgehead atoms. The molecule has 1 aromatic carbocycles. The predicted molar refractivity (Wildman–Crippen MR) is 173 cm³/mol. The maximum atomic E-state index is 17.2. The van der Waals surface area contributed by atoms with Gasteiger partial charge in [-0.3, -0.25) is 15.0 Å². The number of H-pyrrole nitrogens is 1. The number of carbonyl (C=O) groups excluding carboxylic acids is 1. The van der Waals surface area contributed by atoms with Crippen LogP contribution >= 0.6 is 11.6 Å². The Morgan fingerprint density at radius 2 is 2.08 bits per heavy atom. The third kappa shape index (κ3) is 5.10. The molecular formula is C33H35ClF2N8O4.